The topological polar surface area (TPSA) is 3.24 Å². The highest BCUT2D eigenvalue weighted by Crippen LogP contribution is 2.46. The fourth-order valence-electron chi connectivity index (χ4n) is 6.79. The quantitative estimate of drug-likeness (QED) is 0.279. The van der Waals surface area contributed by atoms with Crippen molar-refractivity contribution >= 4 is 0 Å². The number of rotatable bonds is 8. The highest BCUT2D eigenvalue weighted by atomic mass is 15.0. The van der Waals surface area contributed by atoms with Gasteiger partial charge in [-0.3, -0.25) is 0 Å². The van der Waals surface area contributed by atoms with E-state index in [1.54, 1.807) is 0 Å². The van der Waals surface area contributed by atoms with Gasteiger partial charge in [-0.15, -0.1) is 0 Å². The molecule has 0 bridgehead atoms. The van der Waals surface area contributed by atoms with Crippen molar-refractivity contribution in [2.45, 2.75) is 168 Å². The predicted molar refractivity (Wildman–Crippen MR) is 209 cm³/mol. The van der Waals surface area contributed by atoms with E-state index in [1.165, 1.54) is 41.5 Å². The first-order valence-corrected chi connectivity index (χ1v) is 18.2. The SMILES string of the molecule is CC(C)(C)CC(c1ccc(C(CC(C)(C)C)C(C)(C)C)cc1)C(C)(C)C.CN(C)Cc1ccc(C(CC(C)(C)C)C(C)(C)C)cc1. The summed E-state index contributed by atoms with van der Waals surface area (Å²) in [4.78, 5) is 2.21. The average molecular weight is 634 g/mol. The van der Waals surface area contributed by atoms with Crippen molar-refractivity contribution in [3.63, 3.8) is 0 Å². The third kappa shape index (κ3) is 16.0. The highest BCUT2D eigenvalue weighted by molar-refractivity contribution is 5.30. The molecule has 0 aliphatic rings. The van der Waals surface area contributed by atoms with Gasteiger partial charge in [0.1, 0.15) is 0 Å². The van der Waals surface area contributed by atoms with Gasteiger partial charge in [-0.1, -0.05) is 173 Å². The van der Waals surface area contributed by atoms with Crippen LogP contribution in [0.15, 0.2) is 48.5 Å². The third-order valence-corrected chi connectivity index (χ3v) is 9.21. The Hall–Kier alpha value is -1.60. The Morgan fingerprint density at radius 3 is 0.783 bits per heavy atom. The molecule has 2 aromatic rings. The first kappa shape index (κ1) is 42.4. The lowest BCUT2D eigenvalue weighted by Gasteiger charge is -2.38. The van der Waals surface area contributed by atoms with Gasteiger partial charge in [0, 0.05) is 6.54 Å². The Morgan fingerprint density at radius 2 is 0.609 bits per heavy atom. The second kappa shape index (κ2) is 15.7. The van der Waals surface area contributed by atoms with Crippen LogP contribution in [0.5, 0.6) is 0 Å². The van der Waals surface area contributed by atoms with E-state index in [9.17, 15) is 0 Å². The number of benzene rings is 2. The van der Waals surface area contributed by atoms with Crippen molar-refractivity contribution < 1.29 is 0 Å². The Balaban J connectivity index is 0.000000476. The molecule has 1 nitrogen and oxygen atoms in total. The van der Waals surface area contributed by atoms with Crippen molar-refractivity contribution in [1.29, 1.82) is 0 Å². The predicted octanol–water partition coefficient (Wildman–Crippen LogP) is 14.1. The molecule has 46 heavy (non-hydrogen) atoms. The molecule has 0 saturated heterocycles. The standard InChI is InChI=1S/C26H46.C19H33N/c1-23(2,3)17-21(25(7,8)9)19-13-15-20(16-14-19)22(26(10,11)12)18-24(4,5)6;1-18(2,3)13-17(19(4,5)6)16-11-9-15(10-12-16)14-20(7)8/h13-16,21-22H,17-18H2,1-12H3;9-12,17H,13-14H2,1-8H3. The summed E-state index contributed by atoms with van der Waals surface area (Å²) in [5.74, 6) is 1.79. The average Bonchev–Trinajstić information content (AvgIpc) is 2.82. The molecule has 0 spiro atoms. The smallest absolute Gasteiger partial charge is 0.0227 e. The Bertz CT molecular complexity index is 1080. The molecule has 2 aromatic carbocycles. The zero-order chi connectivity index (χ0) is 36.1. The summed E-state index contributed by atoms with van der Waals surface area (Å²) in [6, 6.07) is 18.9. The minimum atomic E-state index is 0.281. The molecule has 264 valence electrons. The van der Waals surface area contributed by atoms with Gasteiger partial charge in [0.25, 0.3) is 0 Å². The van der Waals surface area contributed by atoms with Gasteiger partial charge in [0.05, 0.1) is 0 Å². The van der Waals surface area contributed by atoms with Crippen molar-refractivity contribution in [2.75, 3.05) is 14.1 Å². The maximum absolute atomic E-state index is 2.42. The van der Waals surface area contributed by atoms with E-state index in [2.05, 4.69) is 192 Å². The van der Waals surface area contributed by atoms with Gasteiger partial charge < -0.3 is 4.90 Å². The third-order valence-electron chi connectivity index (χ3n) is 9.21. The summed E-state index contributed by atoms with van der Waals surface area (Å²) >= 11 is 0. The van der Waals surface area contributed by atoms with Crippen molar-refractivity contribution in [3.05, 3.63) is 70.8 Å². The largest absolute Gasteiger partial charge is 0.305 e. The summed E-state index contributed by atoms with van der Waals surface area (Å²) in [5, 5.41) is 0. The van der Waals surface area contributed by atoms with Crippen LogP contribution in [0.4, 0.5) is 0 Å². The second-order valence-corrected chi connectivity index (χ2v) is 21.7. The lowest BCUT2D eigenvalue weighted by molar-refractivity contribution is 0.226. The first-order valence-electron chi connectivity index (χ1n) is 18.2. The van der Waals surface area contributed by atoms with Crippen LogP contribution in [0.25, 0.3) is 0 Å². The molecule has 1 heteroatoms. The molecule has 3 unspecified atom stereocenters. The summed E-state index contributed by atoms with van der Waals surface area (Å²) < 4.78 is 0. The Morgan fingerprint density at radius 1 is 0.391 bits per heavy atom. The van der Waals surface area contributed by atoms with Crippen LogP contribution in [-0.4, -0.2) is 19.0 Å². The summed E-state index contributed by atoms with van der Waals surface area (Å²) in [5.41, 5.74) is 7.79. The molecule has 0 N–H and O–H groups in total. The zero-order valence-corrected chi connectivity index (χ0v) is 34.6. The molecule has 0 saturated carbocycles. The minimum absolute atomic E-state index is 0.281. The number of hydrogen-bond donors (Lipinski definition) is 0. The minimum Gasteiger partial charge on any atom is -0.305 e. The van der Waals surface area contributed by atoms with Crippen molar-refractivity contribution in [3.8, 4) is 0 Å². The molecule has 0 aliphatic carbocycles. The highest BCUT2D eigenvalue weighted by Gasteiger charge is 2.33. The van der Waals surface area contributed by atoms with E-state index in [1.807, 2.05) is 0 Å². The lowest BCUT2D eigenvalue weighted by Crippen LogP contribution is -2.25. The van der Waals surface area contributed by atoms with Crippen LogP contribution >= 0.6 is 0 Å². The second-order valence-electron chi connectivity index (χ2n) is 21.7. The Kier molecular flexibility index (Phi) is 14.5. The van der Waals surface area contributed by atoms with Crippen LogP contribution in [0.3, 0.4) is 0 Å². The lowest BCUT2D eigenvalue weighted by atomic mass is 9.67. The molecular weight excluding hydrogens is 555 g/mol. The van der Waals surface area contributed by atoms with Gasteiger partial charge in [0.2, 0.25) is 0 Å². The maximum Gasteiger partial charge on any atom is 0.0227 e. The van der Waals surface area contributed by atoms with Gasteiger partial charge >= 0.3 is 0 Å². The van der Waals surface area contributed by atoms with Crippen molar-refractivity contribution in [2.24, 2.45) is 32.5 Å². The molecule has 3 atom stereocenters. The van der Waals surface area contributed by atoms with Crippen LogP contribution in [0.2, 0.25) is 0 Å². The van der Waals surface area contributed by atoms with Gasteiger partial charge in [-0.25, -0.2) is 0 Å². The van der Waals surface area contributed by atoms with Crippen LogP contribution < -0.4 is 0 Å². The van der Waals surface area contributed by atoms with E-state index in [0.29, 0.717) is 39.4 Å². The summed E-state index contributed by atoms with van der Waals surface area (Å²) in [7, 11) is 4.23. The number of nitrogens with zero attached hydrogens (tertiary/aromatic N) is 1. The van der Waals surface area contributed by atoms with Gasteiger partial charge in [0.15, 0.2) is 0 Å². The summed E-state index contributed by atoms with van der Waals surface area (Å²) in [6.07, 6.45) is 3.67. The van der Waals surface area contributed by atoms with E-state index in [4.69, 9.17) is 0 Å². The van der Waals surface area contributed by atoms with E-state index in [0.717, 1.165) is 6.54 Å². The monoisotopic (exact) mass is 634 g/mol. The molecule has 0 heterocycles. The molecule has 0 radical (unpaired) electrons. The van der Waals surface area contributed by atoms with Crippen LogP contribution in [0, 0.1) is 32.5 Å². The fourth-order valence-corrected chi connectivity index (χ4v) is 6.79. The molecule has 0 fully saturated rings. The zero-order valence-electron chi connectivity index (χ0n) is 34.6. The van der Waals surface area contributed by atoms with E-state index < -0.39 is 0 Å². The number of hydrogen-bond acceptors (Lipinski definition) is 1. The fraction of sp³-hybridized carbons (Fsp3) is 0.733. The molecule has 2 rings (SSSR count). The first-order chi connectivity index (χ1) is 20.4. The molecule has 0 aliphatic heterocycles. The normalized spacial score (nSPS) is 15.7. The summed E-state index contributed by atoms with van der Waals surface area (Å²) in [6.45, 7) is 43.6. The van der Waals surface area contributed by atoms with Crippen LogP contribution in [-0.2, 0) is 6.54 Å². The van der Waals surface area contributed by atoms with E-state index >= 15 is 0 Å². The van der Waals surface area contributed by atoms with Gasteiger partial charge in [-0.2, -0.15) is 0 Å². The van der Waals surface area contributed by atoms with Gasteiger partial charge in [-0.05, 0) is 106 Å². The van der Waals surface area contributed by atoms with E-state index in [-0.39, 0.29) is 10.8 Å². The molecule has 0 aromatic heterocycles. The maximum atomic E-state index is 2.42. The molecular formula is C45H79N. The molecule has 0 amide bonds. The Labute approximate surface area is 289 Å². The van der Waals surface area contributed by atoms with Crippen LogP contribution in [0.1, 0.15) is 184 Å². The van der Waals surface area contributed by atoms with Crippen molar-refractivity contribution in [1.82, 2.24) is 4.90 Å².